The molecule has 0 saturated carbocycles. The Morgan fingerprint density at radius 2 is 1.64 bits per heavy atom. The van der Waals surface area contributed by atoms with E-state index in [1.165, 1.54) is 0 Å². The molecular weight excluding hydrogens is 310 g/mol. The highest BCUT2D eigenvalue weighted by atomic mass is 16.5. The van der Waals surface area contributed by atoms with Gasteiger partial charge in [-0.1, -0.05) is 42.5 Å². The van der Waals surface area contributed by atoms with Crippen LogP contribution in [0, 0.1) is 18.3 Å². The maximum absolute atomic E-state index is 9.32. The molecule has 0 saturated heterocycles. The van der Waals surface area contributed by atoms with Crippen molar-refractivity contribution in [1.29, 1.82) is 5.26 Å². The SMILES string of the molecule is COc1c(C)cc(-c2ccc(OCc3ccccc3)cc2)cc1C#N. The molecule has 3 aromatic rings. The predicted molar refractivity (Wildman–Crippen MR) is 98.7 cm³/mol. The number of benzene rings is 3. The number of methoxy groups -OCH3 is 1. The van der Waals surface area contributed by atoms with Crippen molar-refractivity contribution in [2.75, 3.05) is 7.11 Å². The van der Waals surface area contributed by atoms with Gasteiger partial charge in [0.2, 0.25) is 0 Å². The molecule has 25 heavy (non-hydrogen) atoms. The van der Waals surface area contributed by atoms with Crippen LogP contribution in [0.25, 0.3) is 11.1 Å². The van der Waals surface area contributed by atoms with E-state index < -0.39 is 0 Å². The van der Waals surface area contributed by atoms with Gasteiger partial charge in [0.25, 0.3) is 0 Å². The van der Waals surface area contributed by atoms with E-state index in [0.29, 0.717) is 17.9 Å². The third-order valence-electron chi connectivity index (χ3n) is 4.04. The molecule has 3 rings (SSSR count). The summed E-state index contributed by atoms with van der Waals surface area (Å²) in [4.78, 5) is 0. The van der Waals surface area contributed by atoms with E-state index in [9.17, 15) is 5.26 Å². The average molecular weight is 329 g/mol. The van der Waals surface area contributed by atoms with E-state index in [0.717, 1.165) is 28.0 Å². The fourth-order valence-electron chi connectivity index (χ4n) is 2.78. The smallest absolute Gasteiger partial charge is 0.139 e. The van der Waals surface area contributed by atoms with E-state index in [1.807, 2.05) is 73.7 Å². The first-order valence-corrected chi connectivity index (χ1v) is 8.07. The Hall–Kier alpha value is -3.25. The normalized spacial score (nSPS) is 10.1. The maximum Gasteiger partial charge on any atom is 0.139 e. The van der Waals surface area contributed by atoms with Crippen LogP contribution in [0.1, 0.15) is 16.7 Å². The number of aryl methyl sites for hydroxylation is 1. The Kier molecular flexibility index (Phi) is 5.01. The van der Waals surface area contributed by atoms with Gasteiger partial charge in [-0.3, -0.25) is 0 Å². The first-order chi connectivity index (χ1) is 12.2. The Labute approximate surface area is 148 Å². The van der Waals surface area contributed by atoms with E-state index in [2.05, 4.69) is 6.07 Å². The van der Waals surface area contributed by atoms with Crippen LogP contribution in [0.4, 0.5) is 0 Å². The molecule has 0 atom stereocenters. The van der Waals surface area contributed by atoms with E-state index >= 15 is 0 Å². The van der Waals surface area contributed by atoms with Gasteiger partial charge in [0.05, 0.1) is 12.7 Å². The fourth-order valence-corrected chi connectivity index (χ4v) is 2.78. The zero-order valence-electron chi connectivity index (χ0n) is 14.3. The van der Waals surface area contributed by atoms with Gasteiger partial charge in [-0.15, -0.1) is 0 Å². The van der Waals surface area contributed by atoms with Crippen LogP contribution < -0.4 is 9.47 Å². The minimum absolute atomic E-state index is 0.542. The predicted octanol–water partition coefficient (Wildman–Crippen LogP) is 5.12. The van der Waals surface area contributed by atoms with Crippen molar-refractivity contribution < 1.29 is 9.47 Å². The molecule has 0 amide bonds. The minimum Gasteiger partial charge on any atom is -0.495 e. The Balaban J connectivity index is 1.78. The first kappa shape index (κ1) is 16.6. The summed E-state index contributed by atoms with van der Waals surface area (Å²) in [5, 5.41) is 9.32. The summed E-state index contributed by atoms with van der Waals surface area (Å²) in [6.07, 6.45) is 0. The number of nitrogens with zero attached hydrogens (tertiary/aromatic N) is 1. The molecule has 0 N–H and O–H groups in total. The molecule has 0 heterocycles. The summed E-state index contributed by atoms with van der Waals surface area (Å²) >= 11 is 0. The van der Waals surface area contributed by atoms with E-state index in [-0.39, 0.29) is 0 Å². The lowest BCUT2D eigenvalue weighted by atomic mass is 9.99. The zero-order chi connectivity index (χ0) is 17.6. The van der Waals surface area contributed by atoms with Crippen LogP contribution in [-0.4, -0.2) is 7.11 Å². The fraction of sp³-hybridized carbons (Fsp3) is 0.136. The Morgan fingerprint density at radius 1 is 0.920 bits per heavy atom. The van der Waals surface area contributed by atoms with Crippen LogP contribution in [0.3, 0.4) is 0 Å². The van der Waals surface area contributed by atoms with Gasteiger partial charge in [-0.05, 0) is 53.4 Å². The molecule has 0 fully saturated rings. The van der Waals surface area contributed by atoms with Crippen LogP contribution in [-0.2, 0) is 6.61 Å². The lowest BCUT2D eigenvalue weighted by Gasteiger charge is -2.11. The number of ether oxygens (including phenoxy) is 2. The molecule has 0 aliphatic carbocycles. The van der Waals surface area contributed by atoms with Crippen molar-refractivity contribution >= 4 is 0 Å². The molecule has 124 valence electrons. The molecule has 0 unspecified atom stereocenters. The monoisotopic (exact) mass is 329 g/mol. The largest absolute Gasteiger partial charge is 0.495 e. The Bertz CT molecular complexity index is 894. The van der Waals surface area contributed by atoms with Crippen LogP contribution >= 0.6 is 0 Å². The van der Waals surface area contributed by atoms with Gasteiger partial charge in [-0.25, -0.2) is 0 Å². The highest BCUT2D eigenvalue weighted by Crippen LogP contribution is 2.31. The standard InChI is InChI=1S/C22H19NO2/c1-16-12-19(13-20(14-23)22(16)24-2)18-8-10-21(11-9-18)25-15-17-6-4-3-5-7-17/h3-13H,15H2,1-2H3. The third-order valence-corrected chi connectivity index (χ3v) is 4.04. The number of hydrogen-bond acceptors (Lipinski definition) is 3. The molecule has 0 aromatic heterocycles. The topological polar surface area (TPSA) is 42.2 Å². The second-order valence-electron chi connectivity index (χ2n) is 5.78. The molecule has 3 nitrogen and oxygen atoms in total. The van der Waals surface area contributed by atoms with Crippen molar-refractivity contribution in [3.8, 4) is 28.7 Å². The molecule has 0 radical (unpaired) electrons. The van der Waals surface area contributed by atoms with E-state index in [4.69, 9.17) is 9.47 Å². The van der Waals surface area contributed by atoms with Gasteiger partial charge in [0, 0.05) is 0 Å². The molecule has 0 aliphatic rings. The summed E-state index contributed by atoms with van der Waals surface area (Å²) in [6, 6.07) is 24.1. The van der Waals surface area contributed by atoms with Crippen LogP contribution in [0.2, 0.25) is 0 Å². The lowest BCUT2D eigenvalue weighted by Crippen LogP contribution is -1.95. The Morgan fingerprint density at radius 3 is 2.28 bits per heavy atom. The van der Waals surface area contributed by atoms with Gasteiger partial charge in [0.15, 0.2) is 0 Å². The highest BCUT2D eigenvalue weighted by molar-refractivity contribution is 5.69. The summed E-state index contributed by atoms with van der Waals surface area (Å²) in [5.41, 5.74) is 4.65. The summed E-state index contributed by atoms with van der Waals surface area (Å²) in [7, 11) is 1.59. The van der Waals surface area contributed by atoms with Crippen molar-refractivity contribution in [2.24, 2.45) is 0 Å². The maximum atomic E-state index is 9.32. The molecule has 0 aliphatic heterocycles. The number of nitriles is 1. The van der Waals surface area contributed by atoms with Crippen LogP contribution in [0.5, 0.6) is 11.5 Å². The van der Waals surface area contributed by atoms with Crippen molar-refractivity contribution in [2.45, 2.75) is 13.5 Å². The van der Waals surface area contributed by atoms with Crippen molar-refractivity contribution in [3.05, 3.63) is 83.4 Å². The number of hydrogen-bond donors (Lipinski definition) is 0. The highest BCUT2D eigenvalue weighted by Gasteiger charge is 2.09. The summed E-state index contributed by atoms with van der Waals surface area (Å²) < 4.78 is 11.1. The van der Waals surface area contributed by atoms with Crippen molar-refractivity contribution in [3.63, 3.8) is 0 Å². The van der Waals surface area contributed by atoms with Gasteiger partial charge >= 0.3 is 0 Å². The molecule has 3 aromatic carbocycles. The quantitative estimate of drug-likeness (QED) is 0.652. The van der Waals surface area contributed by atoms with Crippen LogP contribution in [0.15, 0.2) is 66.7 Å². The molecule has 0 spiro atoms. The lowest BCUT2D eigenvalue weighted by molar-refractivity contribution is 0.306. The molecule has 0 bridgehead atoms. The van der Waals surface area contributed by atoms with Gasteiger partial charge in [0.1, 0.15) is 24.2 Å². The summed E-state index contributed by atoms with van der Waals surface area (Å²) in [6.45, 7) is 2.49. The number of rotatable bonds is 5. The van der Waals surface area contributed by atoms with E-state index in [1.54, 1.807) is 7.11 Å². The molecular formula is C22H19NO2. The second kappa shape index (κ2) is 7.55. The van der Waals surface area contributed by atoms with Gasteiger partial charge in [-0.2, -0.15) is 5.26 Å². The zero-order valence-corrected chi connectivity index (χ0v) is 14.3. The van der Waals surface area contributed by atoms with Gasteiger partial charge < -0.3 is 9.47 Å². The third kappa shape index (κ3) is 3.81. The first-order valence-electron chi connectivity index (χ1n) is 8.07. The summed E-state index contributed by atoms with van der Waals surface area (Å²) in [5.74, 6) is 1.45. The van der Waals surface area contributed by atoms with Crippen molar-refractivity contribution in [1.82, 2.24) is 0 Å². The molecule has 3 heteroatoms. The second-order valence-corrected chi connectivity index (χ2v) is 5.78. The minimum atomic E-state index is 0.542. The average Bonchev–Trinajstić information content (AvgIpc) is 2.67.